The average molecular weight is 776 g/mol. The highest BCUT2D eigenvalue weighted by molar-refractivity contribution is 6.12. The number of para-hydroxylation sites is 5. The van der Waals surface area contributed by atoms with E-state index in [2.05, 4.69) is 205 Å². The smallest absolute Gasteiger partial charge is 0.135 e. The Hall–Kier alpha value is -7.04. The maximum Gasteiger partial charge on any atom is 0.135 e. The van der Waals surface area contributed by atoms with Crippen molar-refractivity contribution in [2.75, 3.05) is 0 Å². The highest BCUT2D eigenvalue weighted by atomic mass is 16.3. The van der Waals surface area contributed by atoms with Crippen LogP contribution in [-0.4, -0.2) is 13.7 Å². The summed E-state index contributed by atoms with van der Waals surface area (Å²) in [7, 11) is 0. The second-order valence-electron chi connectivity index (χ2n) is 17.1. The van der Waals surface area contributed by atoms with E-state index >= 15 is 0 Å². The molecule has 60 heavy (non-hydrogen) atoms. The molecule has 0 spiro atoms. The van der Waals surface area contributed by atoms with Crippen LogP contribution in [0.25, 0.3) is 93.0 Å². The number of rotatable bonds is 7. The molecule has 0 aliphatic heterocycles. The summed E-state index contributed by atoms with van der Waals surface area (Å²) in [5.41, 5.74) is 12.4. The summed E-state index contributed by atoms with van der Waals surface area (Å²) >= 11 is 0. The lowest BCUT2D eigenvalue weighted by Crippen LogP contribution is -2.31. The zero-order valence-electron chi connectivity index (χ0n) is 34.4. The third-order valence-corrected chi connectivity index (χ3v) is 14.2. The molecule has 4 heteroatoms. The van der Waals surface area contributed by atoms with Gasteiger partial charge in [0.25, 0.3) is 0 Å². The molecule has 2 unspecified atom stereocenters. The Kier molecular flexibility index (Phi) is 7.41. The fourth-order valence-electron chi connectivity index (χ4n) is 10.7. The van der Waals surface area contributed by atoms with Gasteiger partial charge in [0.2, 0.25) is 0 Å². The van der Waals surface area contributed by atoms with Gasteiger partial charge in [0, 0.05) is 70.8 Å². The molecule has 12 rings (SSSR count). The number of fused-ring (bicyclic) bond motifs is 12. The van der Waals surface area contributed by atoms with Gasteiger partial charge in [-0.15, -0.1) is 0 Å². The molecule has 4 heterocycles. The van der Waals surface area contributed by atoms with Crippen LogP contribution in [0.1, 0.15) is 51.7 Å². The van der Waals surface area contributed by atoms with Crippen LogP contribution < -0.4 is 0 Å². The van der Waals surface area contributed by atoms with Crippen LogP contribution in [0, 0.1) is 0 Å². The third-order valence-electron chi connectivity index (χ3n) is 14.2. The molecule has 0 aliphatic carbocycles. The molecule has 4 aromatic heterocycles. The Labute approximate surface area is 348 Å². The summed E-state index contributed by atoms with van der Waals surface area (Å²) < 4.78 is 13.9. The second kappa shape index (κ2) is 12.7. The molecule has 8 aromatic carbocycles. The van der Waals surface area contributed by atoms with Crippen molar-refractivity contribution >= 4 is 87.4 Å². The fourth-order valence-corrected chi connectivity index (χ4v) is 10.7. The SMILES string of the molecule is CCC(C)(c1ccc2c(c1)c1ccccc1n2C(C)(CC)c1ccc2c(c1)c1ccccc1n2-c1ccc2oc3ccccc3c2c1)n1c2ccccc2c2ccccc21. The fraction of sp³-hybridized carbons (Fsp3) is 0.143. The van der Waals surface area contributed by atoms with Crippen molar-refractivity contribution in [3.05, 3.63) is 187 Å². The highest BCUT2D eigenvalue weighted by Gasteiger charge is 2.34. The van der Waals surface area contributed by atoms with Crippen LogP contribution in [0.4, 0.5) is 0 Å². The Morgan fingerprint density at radius 3 is 1.33 bits per heavy atom. The number of benzene rings is 8. The van der Waals surface area contributed by atoms with Gasteiger partial charge in [-0.05, 0) is 111 Å². The van der Waals surface area contributed by atoms with Gasteiger partial charge in [0.15, 0.2) is 0 Å². The van der Waals surface area contributed by atoms with Gasteiger partial charge < -0.3 is 18.1 Å². The molecule has 0 amide bonds. The maximum atomic E-state index is 6.23. The standard InChI is InChI=1S/C56H45N3O/c1-5-55(3,58-49-23-13-8-17-39(49)40-18-9-14-24-50(40)58)37-28-31-52-45(34-37)42-20-10-15-25-51(42)59(52)56(4,6-2)36-27-30-48-44(33-36)41-19-7-12-22-47(41)57(48)38-29-32-54-46(35-38)43-21-11-16-26-53(43)60-54/h7-35H,5-6H2,1-4H3. The molecule has 0 bridgehead atoms. The molecule has 0 saturated heterocycles. The van der Waals surface area contributed by atoms with Gasteiger partial charge in [0.05, 0.1) is 22.1 Å². The van der Waals surface area contributed by atoms with Crippen LogP contribution in [0.15, 0.2) is 180 Å². The molecule has 0 fully saturated rings. The third kappa shape index (κ3) is 4.67. The van der Waals surface area contributed by atoms with E-state index < -0.39 is 0 Å². The Morgan fingerprint density at radius 2 is 0.767 bits per heavy atom. The molecule has 12 aromatic rings. The molecular weight excluding hydrogens is 731 g/mol. The minimum atomic E-state index is -0.338. The molecule has 0 N–H and O–H groups in total. The minimum absolute atomic E-state index is 0.275. The lowest BCUT2D eigenvalue weighted by atomic mass is 9.86. The first kappa shape index (κ1) is 35.0. The summed E-state index contributed by atoms with van der Waals surface area (Å²) in [6, 6.07) is 65.0. The van der Waals surface area contributed by atoms with Gasteiger partial charge in [-0.1, -0.05) is 117 Å². The van der Waals surface area contributed by atoms with Gasteiger partial charge in [-0.25, -0.2) is 0 Å². The van der Waals surface area contributed by atoms with Crippen LogP contribution in [0.2, 0.25) is 0 Å². The van der Waals surface area contributed by atoms with E-state index in [-0.39, 0.29) is 11.1 Å². The van der Waals surface area contributed by atoms with E-state index in [1.807, 2.05) is 12.1 Å². The zero-order chi connectivity index (χ0) is 40.3. The van der Waals surface area contributed by atoms with E-state index in [0.717, 1.165) is 40.5 Å². The van der Waals surface area contributed by atoms with E-state index in [9.17, 15) is 0 Å². The number of nitrogens with zero attached hydrogens (tertiary/aromatic N) is 3. The summed E-state index contributed by atoms with van der Waals surface area (Å²) in [4.78, 5) is 0. The van der Waals surface area contributed by atoms with Crippen molar-refractivity contribution in [1.29, 1.82) is 0 Å². The molecule has 2 atom stereocenters. The molecule has 4 nitrogen and oxygen atoms in total. The monoisotopic (exact) mass is 775 g/mol. The zero-order valence-corrected chi connectivity index (χ0v) is 34.4. The number of furan rings is 1. The highest BCUT2D eigenvalue weighted by Crippen LogP contribution is 2.45. The first-order chi connectivity index (χ1) is 29.4. The topological polar surface area (TPSA) is 27.9 Å². The van der Waals surface area contributed by atoms with Crippen LogP contribution in [0.5, 0.6) is 0 Å². The summed E-state index contributed by atoms with van der Waals surface area (Å²) in [5, 5.41) is 9.97. The van der Waals surface area contributed by atoms with Crippen LogP contribution >= 0.6 is 0 Å². The van der Waals surface area contributed by atoms with E-state index in [4.69, 9.17) is 4.42 Å². The minimum Gasteiger partial charge on any atom is -0.456 e. The van der Waals surface area contributed by atoms with E-state index in [0.29, 0.717) is 0 Å². The summed E-state index contributed by atoms with van der Waals surface area (Å²) in [6.45, 7) is 9.52. The van der Waals surface area contributed by atoms with Crippen molar-refractivity contribution in [3.8, 4) is 5.69 Å². The first-order valence-electron chi connectivity index (χ1n) is 21.4. The summed E-state index contributed by atoms with van der Waals surface area (Å²) in [5.74, 6) is 0. The van der Waals surface area contributed by atoms with Crippen molar-refractivity contribution in [3.63, 3.8) is 0 Å². The predicted octanol–water partition coefficient (Wildman–Crippen LogP) is 15.2. The number of hydrogen-bond donors (Lipinski definition) is 0. The lowest BCUT2D eigenvalue weighted by Gasteiger charge is -2.34. The molecule has 0 radical (unpaired) electrons. The van der Waals surface area contributed by atoms with Gasteiger partial charge in [-0.3, -0.25) is 0 Å². The molecule has 290 valence electrons. The Balaban J connectivity index is 1.05. The van der Waals surface area contributed by atoms with E-state index in [1.54, 1.807) is 0 Å². The normalized spacial score (nSPS) is 14.4. The number of hydrogen-bond acceptors (Lipinski definition) is 1. The second-order valence-corrected chi connectivity index (χ2v) is 17.1. The predicted molar refractivity (Wildman–Crippen MR) is 253 cm³/mol. The van der Waals surface area contributed by atoms with Crippen molar-refractivity contribution < 1.29 is 4.42 Å². The van der Waals surface area contributed by atoms with Crippen LogP contribution in [-0.2, 0) is 11.1 Å². The Bertz CT molecular complexity index is 3630. The van der Waals surface area contributed by atoms with Gasteiger partial charge >= 0.3 is 0 Å². The lowest BCUT2D eigenvalue weighted by molar-refractivity contribution is 0.400. The van der Waals surface area contributed by atoms with E-state index in [1.165, 1.54) is 76.5 Å². The number of aromatic nitrogens is 3. The molecule has 0 saturated carbocycles. The quantitative estimate of drug-likeness (QED) is 0.158. The van der Waals surface area contributed by atoms with Crippen LogP contribution in [0.3, 0.4) is 0 Å². The average Bonchev–Trinajstić information content (AvgIpc) is 4.04. The van der Waals surface area contributed by atoms with Crippen molar-refractivity contribution in [1.82, 2.24) is 13.7 Å². The van der Waals surface area contributed by atoms with Gasteiger partial charge in [-0.2, -0.15) is 0 Å². The van der Waals surface area contributed by atoms with Gasteiger partial charge in [0.1, 0.15) is 11.2 Å². The Morgan fingerprint density at radius 1 is 0.367 bits per heavy atom. The maximum absolute atomic E-state index is 6.23. The molecular formula is C56H45N3O. The summed E-state index contributed by atoms with van der Waals surface area (Å²) in [6.07, 6.45) is 1.87. The first-order valence-corrected chi connectivity index (χ1v) is 21.4. The molecule has 0 aliphatic rings. The largest absolute Gasteiger partial charge is 0.456 e. The van der Waals surface area contributed by atoms with Crippen molar-refractivity contribution in [2.24, 2.45) is 0 Å². The van der Waals surface area contributed by atoms with Crippen molar-refractivity contribution in [2.45, 2.75) is 51.6 Å².